The van der Waals surface area contributed by atoms with Gasteiger partial charge in [0.25, 0.3) is 0 Å². The molecule has 0 atom stereocenters. The van der Waals surface area contributed by atoms with Gasteiger partial charge in [0.05, 0.1) is 11.4 Å². The molecule has 0 N–H and O–H groups in total. The summed E-state index contributed by atoms with van der Waals surface area (Å²) in [5.41, 5.74) is 11.6. The average Bonchev–Trinajstić information content (AvgIpc) is 3.10. The van der Waals surface area contributed by atoms with Crippen LogP contribution in [0.3, 0.4) is 0 Å². The fourth-order valence-electron chi connectivity index (χ4n) is 6.97. The predicted octanol–water partition coefficient (Wildman–Crippen LogP) is 11.9. The molecule has 6 aromatic carbocycles. The minimum atomic E-state index is 0.941. The van der Waals surface area contributed by atoms with E-state index in [1.54, 1.807) is 0 Å². The van der Waals surface area contributed by atoms with Crippen LogP contribution in [-0.2, 0) is 6.42 Å². The van der Waals surface area contributed by atoms with E-state index in [1.165, 1.54) is 60.1 Å². The zero-order chi connectivity index (χ0) is 31.0. The highest BCUT2D eigenvalue weighted by molar-refractivity contribution is 6.21. The van der Waals surface area contributed by atoms with Crippen LogP contribution >= 0.6 is 0 Å². The third-order valence-corrected chi connectivity index (χ3v) is 9.06. The quantitative estimate of drug-likeness (QED) is 0.180. The van der Waals surface area contributed by atoms with E-state index in [4.69, 9.17) is 4.98 Å². The fourth-order valence-corrected chi connectivity index (χ4v) is 6.97. The highest BCUT2D eigenvalue weighted by Crippen LogP contribution is 2.44. The number of pyridine rings is 2. The van der Waals surface area contributed by atoms with Crippen molar-refractivity contribution in [2.45, 2.75) is 26.7 Å². The van der Waals surface area contributed by atoms with Crippen LogP contribution in [0, 0.1) is 6.92 Å². The second-order valence-corrected chi connectivity index (χ2v) is 12.1. The summed E-state index contributed by atoms with van der Waals surface area (Å²) in [7, 11) is 0. The van der Waals surface area contributed by atoms with E-state index < -0.39 is 0 Å². The van der Waals surface area contributed by atoms with Crippen molar-refractivity contribution < 1.29 is 0 Å². The van der Waals surface area contributed by atoms with E-state index in [-0.39, 0.29) is 0 Å². The molecule has 8 rings (SSSR count). The van der Waals surface area contributed by atoms with E-state index in [1.807, 2.05) is 12.3 Å². The number of fused-ring (bicyclic) bond motifs is 3. The predicted molar refractivity (Wildman–Crippen MR) is 195 cm³/mol. The molecule has 46 heavy (non-hydrogen) atoms. The molecule has 0 fully saturated rings. The standard InChI is InChI=1S/C44H34N2/c1-3-11-41-39(18-10-25-45-41)42-20-9-19-40(46-42)31-23-21-30-22-24-33(28-34(30)27-31)44-37-16-6-4-14-35(37)43(32-13-8-12-29(2)26-32)36-15-5-7-17-38(36)44/h4-10,12-28H,3,11H2,1-2H3. The first-order valence-corrected chi connectivity index (χ1v) is 16.1. The van der Waals surface area contributed by atoms with E-state index in [2.05, 4.69) is 152 Å². The van der Waals surface area contributed by atoms with Crippen LogP contribution in [0.5, 0.6) is 0 Å². The summed E-state index contributed by atoms with van der Waals surface area (Å²) in [5, 5.41) is 7.49. The van der Waals surface area contributed by atoms with Crippen LogP contribution in [0.4, 0.5) is 0 Å². The molecular weight excluding hydrogens is 556 g/mol. The molecule has 220 valence electrons. The maximum atomic E-state index is 5.13. The SMILES string of the molecule is CCCc1ncccc1-c1cccc(-c2ccc3ccc(-c4c5ccccc5c(-c5cccc(C)c5)c5ccccc45)cc3c2)n1. The topological polar surface area (TPSA) is 25.8 Å². The van der Waals surface area contributed by atoms with Crippen molar-refractivity contribution in [1.82, 2.24) is 9.97 Å². The fraction of sp³-hybridized carbons (Fsp3) is 0.0909. The normalized spacial score (nSPS) is 11.4. The Kier molecular flexibility index (Phi) is 7.11. The molecule has 0 saturated carbocycles. The summed E-state index contributed by atoms with van der Waals surface area (Å²) in [6.45, 7) is 4.36. The summed E-state index contributed by atoms with van der Waals surface area (Å²) in [5.74, 6) is 0. The maximum absolute atomic E-state index is 5.13. The van der Waals surface area contributed by atoms with E-state index in [0.29, 0.717) is 0 Å². The monoisotopic (exact) mass is 590 g/mol. The molecule has 0 amide bonds. The van der Waals surface area contributed by atoms with Crippen molar-refractivity contribution in [3.8, 4) is 44.8 Å². The lowest BCUT2D eigenvalue weighted by molar-refractivity contribution is 0.884. The van der Waals surface area contributed by atoms with Crippen molar-refractivity contribution >= 4 is 32.3 Å². The van der Waals surface area contributed by atoms with Gasteiger partial charge in [-0.3, -0.25) is 4.98 Å². The molecule has 0 bridgehead atoms. The molecule has 0 radical (unpaired) electrons. The van der Waals surface area contributed by atoms with Crippen molar-refractivity contribution in [2.75, 3.05) is 0 Å². The Bertz CT molecular complexity index is 2340. The van der Waals surface area contributed by atoms with Crippen LogP contribution in [0.1, 0.15) is 24.6 Å². The third-order valence-electron chi connectivity index (χ3n) is 9.06. The van der Waals surface area contributed by atoms with E-state index in [9.17, 15) is 0 Å². The van der Waals surface area contributed by atoms with Gasteiger partial charge in [0, 0.05) is 23.0 Å². The number of benzene rings is 6. The molecule has 8 aromatic rings. The van der Waals surface area contributed by atoms with Gasteiger partial charge in [-0.15, -0.1) is 0 Å². The first-order chi connectivity index (χ1) is 22.7. The number of nitrogens with zero attached hydrogens (tertiary/aromatic N) is 2. The average molecular weight is 591 g/mol. The summed E-state index contributed by atoms with van der Waals surface area (Å²) in [6.07, 6.45) is 3.87. The highest BCUT2D eigenvalue weighted by atomic mass is 14.7. The lowest BCUT2D eigenvalue weighted by Crippen LogP contribution is -1.96. The Balaban J connectivity index is 1.29. The second-order valence-electron chi connectivity index (χ2n) is 12.1. The number of hydrogen-bond acceptors (Lipinski definition) is 2. The van der Waals surface area contributed by atoms with Crippen LogP contribution in [-0.4, -0.2) is 9.97 Å². The molecule has 0 spiro atoms. The molecule has 0 aliphatic heterocycles. The van der Waals surface area contributed by atoms with Gasteiger partial charge < -0.3 is 0 Å². The Morgan fingerprint density at radius 1 is 0.500 bits per heavy atom. The number of aryl methyl sites for hydroxylation is 2. The van der Waals surface area contributed by atoms with Gasteiger partial charge in [0.1, 0.15) is 0 Å². The Hall–Kier alpha value is -5.60. The lowest BCUT2D eigenvalue weighted by atomic mass is 9.85. The van der Waals surface area contributed by atoms with Gasteiger partial charge in [-0.2, -0.15) is 0 Å². The van der Waals surface area contributed by atoms with E-state index in [0.717, 1.165) is 41.1 Å². The van der Waals surface area contributed by atoms with Crippen LogP contribution in [0.2, 0.25) is 0 Å². The molecule has 2 heteroatoms. The van der Waals surface area contributed by atoms with Crippen molar-refractivity contribution in [3.05, 3.63) is 157 Å². The minimum absolute atomic E-state index is 0.941. The molecule has 2 aromatic heterocycles. The zero-order valence-corrected chi connectivity index (χ0v) is 26.2. The van der Waals surface area contributed by atoms with Gasteiger partial charge >= 0.3 is 0 Å². The molecule has 2 heterocycles. The molecule has 0 aliphatic carbocycles. The first-order valence-electron chi connectivity index (χ1n) is 16.1. The number of aromatic nitrogens is 2. The van der Waals surface area contributed by atoms with Crippen LogP contribution < -0.4 is 0 Å². The molecule has 0 unspecified atom stereocenters. The Morgan fingerprint density at radius 2 is 1.11 bits per heavy atom. The van der Waals surface area contributed by atoms with Gasteiger partial charge in [-0.1, -0.05) is 122 Å². The zero-order valence-electron chi connectivity index (χ0n) is 26.2. The Morgan fingerprint density at radius 3 is 1.78 bits per heavy atom. The summed E-state index contributed by atoms with van der Waals surface area (Å²) in [6, 6.07) is 50.6. The van der Waals surface area contributed by atoms with Crippen molar-refractivity contribution in [2.24, 2.45) is 0 Å². The van der Waals surface area contributed by atoms with Crippen molar-refractivity contribution in [3.63, 3.8) is 0 Å². The van der Waals surface area contributed by atoms with Gasteiger partial charge in [0.15, 0.2) is 0 Å². The number of rotatable bonds is 6. The summed E-state index contributed by atoms with van der Waals surface area (Å²) in [4.78, 5) is 9.79. The second kappa shape index (κ2) is 11.7. The molecule has 2 nitrogen and oxygen atoms in total. The largest absolute Gasteiger partial charge is 0.261 e. The number of hydrogen-bond donors (Lipinski definition) is 0. The highest BCUT2D eigenvalue weighted by Gasteiger charge is 2.17. The maximum Gasteiger partial charge on any atom is 0.0727 e. The third kappa shape index (κ3) is 4.93. The van der Waals surface area contributed by atoms with Gasteiger partial charge in [-0.25, -0.2) is 4.98 Å². The summed E-state index contributed by atoms with van der Waals surface area (Å²) < 4.78 is 0. The Labute approximate surface area is 270 Å². The minimum Gasteiger partial charge on any atom is -0.261 e. The van der Waals surface area contributed by atoms with Gasteiger partial charge in [-0.05, 0) is 104 Å². The first kappa shape index (κ1) is 27.9. The smallest absolute Gasteiger partial charge is 0.0727 e. The van der Waals surface area contributed by atoms with Crippen LogP contribution in [0.15, 0.2) is 146 Å². The molecule has 0 saturated heterocycles. The van der Waals surface area contributed by atoms with Crippen molar-refractivity contribution in [1.29, 1.82) is 0 Å². The van der Waals surface area contributed by atoms with E-state index >= 15 is 0 Å². The summed E-state index contributed by atoms with van der Waals surface area (Å²) >= 11 is 0. The van der Waals surface area contributed by atoms with Crippen LogP contribution in [0.25, 0.3) is 77.1 Å². The molecular formula is C44H34N2. The van der Waals surface area contributed by atoms with Gasteiger partial charge in [0.2, 0.25) is 0 Å². The lowest BCUT2D eigenvalue weighted by Gasteiger charge is -2.18. The molecule has 0 aliphatic rings.